The van der Waals surface area contributed by atoms with Crippen molar-refractivity contribution in [2.75, 3.05) is 6.61 Å². The predicted molar refractivity (Wildman–Crippen MR) is 82.6 cm³/mol. The minimum atomic E-state index is -0.346. The Hall–Kier alpha value is -1.13. The molecule has 2 aliphatic rings. The summed E-state index contributed by atoms with van der Waals surface area (Å²) in [6.45, 7) is 14.7. The molecule has 0 spiro atoms. The average molecular weight is 293 g/mol. The van der Waals surface area contributed by atoms with Gasteiger partial charge in [-0.25, -0.2) is 0 Å². The Labute approximate surface area is 127 Å². The molecule has 0 radical (unpaired) electrons. The van der Waals surface area contributed by atoms with Crippen molar-refractivity contribution >= 4 is 5.78 Å². The van der Waals surface area contributed by atoms with Gasteiger partial charge in [-0.1, -0.05) is 13.0 Å². The fourth-order valence-electron chi connectivity index (χ4n) is 3.56. The first kappa shape index (κ1) is 16.2. The Morgan fingerprint density at radius 3 is 2.52 bits per heavy atom. The van der Waals surface area contributed by atoms with Gasteiger partial charge in [0.15, 0.2) is 5.78 Å². The molecule has 1 unspecified atom stereocenters. The Morgan fingerprint density at radius 2 is 2.00 bits per heavy atom. The number of carbonyl (C=O) groups excluding carboxylic acids is 1. The molecule has 0 fully saturated rings. The van der Waals surface area contributed by atoms with Gasteiger partial charge in [0.1, 0.15) is 11.9 Å². The second-order valence-electron chi connectivity index (χ2n) is 7.02. The largest absolute Gasteiger partial charge is 0.488 e. The monoisotopic (exact) mass is 293 g/mol. The van der Waals surface area contributed by atoms with Crippen LogP contribution in [0.1, 0.15) is 54.9 Å². The maximum Gasteiger partial charge on any atom is 0.163 e. The molecule has 4 nitrogen and oxygen atoms in total. The third-order valence-corrected chi connectivity index (χ3v) is 4.19. The zero-order valence-corrected chi connectivity index (χ0v) is 14.2. The van der Waals surface area contributed by atoms with E-state index >= 15 is 0 Å². The van der Waals surface area contributed by atoms with Gasteiger partial charge >= 0.3 is 0 Å². The van der Waals surface area contributed by atoms with Gasteiger partial charge in [-0.2, -0.15) is 5.06 Å². The number of hydrogen-bond donors (Lipinski definition) is 0. The smallest absolute Gasteiger partial charge is 0.163 e. The summed E-state index contributed by atoms with van der Waals surface area (Å²) in [4.78, 5) is 18.0. The maximum absolute atomic E-state index is 12.0. The zero-order chi connectivity index (χ0) is 16.0. The second-order valence-corrected chi connectivity index (χ2v) is 7.02. The summed E-state index contributed by atoms with van der Waals surface area (Å²) >= 11 is 0. The van der Waals surface area contributed by atoms with Crippen molar-refractivity contribution in [3.8, 4) is 0 Å². The van der Waals surface area contributed by atoms with E-state index in [1.165, 1.54) is 0 Å². The number of rotatable bonds is 4. The van der Waals surface area contributed by atoms with Gasteiger partial charge in [-0.3, -0.25) is 9.63 Å². The number of hydroxylamine groups is 2. The molecule has 0 aromatic heterocycles. The molecular weight excluding hydrogens is 266 g/mol. The SMILES string of the molecule is CCCON1C(C)(C)C=C2C(C(C)=O)=C(C)OC2C1(C)C. The number of ether oxygens (including phenoxy) is 1. The number of Topliss-reactive ketones (excluding diaryl/α,β-unsaturated/α-hetero) is 1. The molecule has 21 heavy (non-hydrogen) atoms. The Bertz CT molecular complexity index is 514. The van der Waals surface area contributed by atoms with Crippen molar-refractivity contribution in [2.45, 2.75) is 72.1 Å². The van der Waals surface area contributed by atoms with E-state index in [9.17, 15) is 4.79 Å². The lowest BCUT2D eigenvalue weighted by Crippen LogP contribution is -2.63. The minimum absolute atomic E-state index is 0.0655. The Balaban J connectivity index is 2.48. The van der Waals surface area contributed by atoms with Crippen LogP contribution in [0.4, 0.5) is 0 Å². The average Bonchev–Trinajstić information content (AvgIpc) is 2.65. The summed E-state index contributed by atoms with van der Waals surface area (Å²) in [6, 6.07) is 0. The maximum atomic E-state index is 12.0. The molecule has 2 heterocycles. The summed E-state index contributed by atoms with van der Waals surface area (Å²) in [6.07, 6.45) is 2.91. The molecule has 0 amide bonds. The summed E-state index contributed by atoms with van der Waals surface area (Å²) in [5.41, 5.74) is 1.10. The highest BCUT2D eigenvalue weighted by Crippen LogP contribution is 2.46. The van der Waals surface area contributed by atoms with Crippen LogP contribution in [0.3, 0.4) is 0 Å². The highest BCUT2D eigenvalue weighted by molar-refractivity contribution is 5.99. The van der Waals surface area contributed by atoms with Crippen LogP contribution in [0.2, 0.25) is 0 Å². The van der Waals surface area contributed by atoms with Gasteiger partial charge in [0.2, 0.25) is 0 Å². The first-order valence-electron chi connectivity index (χ1n) is 7.67. The van der Waals surface area contributed by atoms with Crippen molar-refractivity contribution in [1.82, 2.24) is 5.06 Å². The molecule has 4 heteroatoms. The van der Waals surface area contributed by atoms with Crippen LogP contribution in [0.15, 0.2) is 23.0 Å². The number of hydrogen-bond acceptors (Lipinski definition) is 4. The molecular formula is C17H27NO3. The molecule has 2 rings (SSSR count). The topological polar surface area (TPSA) is 38.8 Å². The van der Waals surface area contributed by atoms with E-state index in [2.05, 4.69) is 40.7 Å². The van der Waals surface area contributed by atoms with Crippen LogP contribution in [0, 0.1) is 0 Å². The number of allylic oxidation sites excluding steroid dienone is 1. The molecule has 118 valence electrons. The van der Waals surface area contributed by atoms with Gasteiger partial charge in [0, 0.05) is 5.57 Å². The van der Waals surface area contributed by atoms with E-state index < -0.39 is 0 Å². The van der Waals surface area contributed by atoms with E-state index in [1.54, 1.807) is 6.92 Å². The lowest BCUT2D eigenvalue weighted by atomic mass is 9.78. The summed E-state index contributed by atoms with van der Waals surface area (Å²) < 4.78 is 6.03. The second kappa shape index (κ2) is 5.25. The van der Waals surface area contributed by atoms with Crippen LogP contribution >= 0.6 is 0 Å². The van der Waals surface area contributed by atoms with E-state index in [1.807, 2.05) is 12.0 Å². The van der Waals surface area contributed by atoms with Crippen molar-refractivity contribution in [3.63, 3.8) is 0 Å². The van der Waals surface area contributed by atoms with Gasteiger partial charge in [-0.15, -0.1) is 0 Å². The van der Waals surface area contributed by atoms with Gasteiger partial charge in [-0.05, 0) is 48.0 Å². The normalized spacial score (nSPS) is 27.2. The van der Waals surface area contributed by atoms with Crippen LogP contribution < -0.4 is 0 Å². The van der Waals surface area contributed by atoms with Crippen LogP contribution in [0.5, 0.6) is 0 Å². The molecule has 1 atom stereocenters. The Kier molecular flexibility index (Phi) is 4.06. The molecule has 0 N–H and O–H groups in total. The van der Waals surface area contributed by atoms with Gasteiger partial charge in [0.05, 0.1) is 23.3 Å². The lowest BCUT2D eigenvalue weighted by Gasteiger charge is -2.51. The lowest BCUT2D eigenvalue weighted by molar-refractivity contribution is -0.274. The first-order chi connectivity index (χ1) is 9.63. The third kappa shape index (κ3) is 2.55. The van der Waals surface area contributed by atoms with E-state index in [0.29, 0.717) is 6.61 Å². The summed E-state index contributed by atoms with van der Waals surface area (Å²) in [5, 5.41) is 2.02. The number of ketones is 1. The third-order valence-electron chi connectivity index (χ3n) is 4.19. The highest BCUT2D eigenvalue weighted by atomic mass is 16.7. The number of fused-ring (bicyclic) bond motifs is 1. The molecule has 0 bridgehead atoms. The van der Waals surface area contributed by atoms with Crippen molar-refractivity contribution in [3.05, 3.63) is 23.0 Å². The fraction of sp³-hybridized carbons (Fsp3) is 0.706. The van der Waals surface area contributed by atoms with Crippen LogP contribution in [-0.2, 0) is 14.4 Å². The highest BCUT2D eigenvalue weighted by Gasteiger charge is 2.53. The first-order valence-corrected chi connectivity index (χ1v) is 7.67. The van der Waals surface area contributed by atoms with Crippen LogP contribution in [-0.4, -0.2) is 34.6 Å². The molecule has 0 aromatic rings. The molecule has 0 saturated heterocycles. The predicted octanol–water partition coefficient (Wildman–Crippen LogP) is 3.39. The van der Waals surface area contributed by atoms with Crippen molar-refractivity contribution in [1.29, 1.82) is 0 Å². The van der Waals surface area contributed by atoms with Gasteiger partial charge < -0.3 is 4.74 Å². The number of nitrogens with zero attached hydrogens (tertiary/aromatic N) is 1. The zero-order valence-electron chi connectivity index (χ0n) is 14.2. The summed E-state index contributed by atoms with van der Waals surface area (Å²) in [5.74, 6) is 0.788. The van der Waals surface area contributed by atoms with Crippen LogP contribution in [0.25, 0.3) is 0 Å². The molecule has 2 aliphatic heterocycles. The van der Waals surface area contributed by atoms with E-state index in [-0.39, 0.29) is 23.0 Å². The van der Waals surface area contributed by atoms with Gasteiger partial charge in [0.25, 0.3) is 0 Å². The standard InChI is InChI=1S/C17H27NO3/c1-8-9-20-18-16(4,5)10-13-14(11(2)19)12(3)21-15(13)17(18,6)7/h10,15H,8-9H2,1-7H3. The van der Waals surface area contributed by atoms with Crippen molar-refractivity contribution < 1.29 is 14.4 Å². The molecule has 0 aliphatic carbocycles. The fourth-order valence-corrected chi connectivity index (χ4v) is 3.56. The van der Waals surface area contributed by atoms with E-state index in [4.69, 9.17) is 9.57 Å². The Morgan fingerprint density at radius 1 is 1.38 bits per heavy atom. The number of carbonyl (C=O) groups is 1. The minimum Gasteiger partial charge on any atom is -0.488 e. The summed E-state index contributed by atoms with van der Waals surface area (Å²) in [7, 11) is 0. The van der Waals surface area contributed by atoms with Crippen molar-refractivity contribution in [2.24, 2.45) is 0 Å². The molecule has 0 aromatic carbocycles. The molecule has 0 saturated carbocycles. The quantitative estimate of drug-likeness (QED) is 0.796. The van der Waals surface area contributed by atoms with E-state index in [0.717, 1.165) is 23.3 Å².